The van der Waals surface area contributed by atoms with Crippen LogP contribution in [0.15, 0.2) is 82.6 Å². The second-order valence-corrected chi connectivity index (χ2v) is 8.51. The molecule has 0 aromatic heterocycles. The predicted molar refractivity (Wildman–Crippen MR) is 116 cm³/mol. The van der Waals surface area contributed by atoms with Crippen molar-refractivity contribution in [3.63, 3.8) is 0 Å². The first-order valence-corrected chi connectivity index (χ1v) is 10.8. The lowest BCUT2D eigenvalue weighted by atomic mass is 10.1. The third kappa shape index (κ3) is 5.20. The van der Waals surface area contributed by atoms with Crippen molar-refractivity contribution in [1.82, 2.24) is 0 Å². The normalized spacial score (nSPS) is 11.5. The highest BCUT2D eigenvalue weighted by Crippen LogP contribution is 2.26. The van der Waals surface area contributed by atoms with E-state index in [1.165, 1.54) is 13.2 Å². The number of methoxy groups -OCH3 is 1. The Labute approximate surface area is 185 Å². The maximum Gasteiger partial charge on any atom is 0.337 e. The molecular formula is C24H18FNO5S. The van der Waals surface area contributed by atoms with Crippen molar-refractivity contribution in [1.29, 1.82) is 5.26 Å². The fourth-order valence-electron chi connectivity index (χ4n) is 2.80. The van der Waals surface area contributed by atoms with E-state index in [0.717, 1.165) is 29.8 Å². The van der Waals surface area contributed by atoms with E-state index in [4.69, 9.17) is 4.74 Å². The average Bonchev–Trinajstić information content (AvgIpc) is 2.81. The number of allylic oxidation sites excluding steroid dienone is 1. The fraction of sp³-hybridized carbons (Fsp3) is 0.0833. The average molecular weight is 451 g/mol. The molecule has 0 fully saturated rings. The number of ether oxygens (including phenoxy) is 2. The molecule has 0 aliphatic heterocycles. The van der Waals surface area contributed by atoms with Crippen molar-refractivity contribution in [2.75, 3.05) is 7.11 Å². The lowest BCUT2D eigenvalue weighted by Crippen LogP contribution is -2.04. The van der Waals surface area contributed by atoms with E-state index in [1.807, 2.05) is 0 Å². The molecule has 0 saturated heterocycles. The Morgan fingerprint density at radius 3 is 2.31 bits per heavy atom. The molecule has 0 amide bonds. The summed E-state index contributed by atoms with van der Waals surface area (Å²) in [6.45, 7) is 0.152. The van der Waals surface area contributed by atoms with Gasteiger partial charge in [0.05, 0.1) is 17.6 Å². The molecule has 0 bridgehead atoms. The van der Waals surface area contributed by atoms with E-state index in [9.17, 15) is 22.9 Å². The predicted octanol–water partition coefficient (Wildman–Crippen LogP) is 4.53. The number of halogens is 1. The molecule has 0 radical (unpaired) electrons. The summed E-state index contributed by atoms with van der Waals surface area (Å²) in [5.41, 5.74) is 1.57. The zero-order chi connectivity index (χ0) is 23.1. The van der Waals surface area contributed by atoms with Crippen molar-refractivity contribution < 1.29 is 27.1 Å². The van der Waals surface area contributed by atoms with Crippen LogP contribution in [-0.4, -0.2) is 21.5 Å². The molecule has 0 heterocycles. The number of esters is 1. The smallest absolute Gasteiger partial charge is 0.337 e. The molecule has 0 aliphatic carbocycles. The van der Waals surface area contributed by atoms with Gasteiger partial charge in [0.1, 0.15) is 29.1 Å². The highest BCUT2D eigenvalue weighted by Gasteiger charge is 2.21. The van der Waals surface area contributed by atoms with E-state index >= 15 is 0 Å². The molecule has 3 aromatic carbocycles. The summed E-state index contributed by atoms with van der Waals surface area (Å²) in [5.74, 6) is -0.657. The Hall–Kier alpha value is -3.96. The van der Waals surface area contributed by atoms with Gasteiger partial charge in [0.25, 0.3) is 0 Å². The van der Waals surface area contributed by atoms with Gasteiger partial charge in [-0.05, 0) is 54.1 Å². The maximum absolute atomic E-state index is 13.1. The minimum Gasteiger partial charge on any atom is -0.488 e. The van der Waals surface area contributed by atoms with E-state index < -0.39 is 26.5 Å². The summed E-state index contributed by atoms with van der Waals surface area (Å²) in [7, 11) is -2.83. The first kappa shape index (κ1) is 22.7. The first-order valence-electron chi connectivity index (χ1n) is 9.36. The van der Waals surface area contributed by atoms with E-state index in [1.54, 1.807) is 54.6 Å². The maximum atomic E-state index is 13.1. The summed E-state index contributed by atoms with van der Waals surface area (Å²) < 4.78 is 49.2. The molecule has 0 atom stereocenters. The molecule has 0 aliphatic rings. The number of hydrogen-bond donors (Lipinski definition) is 0. The zero-order valence-electron chi connectivity index (χ0n) is 17.0. The molecule has 0 spiro atoms. The third-order valence-corrected chi connectivity index (χ3v) is 6.18. The topological polar surface area (TPSA) is 93.5 Å². The van der Waals surface area contributed by atoms with Gasteiger partial charge in [-0.25, -0.2) is 17.6 Å². The highest BCUT2D eigenvalue weighted by atomic mass is 32.2. The Morgan fingerprint density at radius 2 is 1.69 bits per heavy atom. The zero-order valence-corrected chi connectivity index (χ0v) is 17.8. The van der Waals surface area contributed by atoms with Gasteiger partial charge in [-0.3, -0.25) is 0 Å². The molecule has 6 nitrogen and oxygen atoms in total. The van der Waals surface area contributed by atoms with E-state index in [2.05, 4.69) is 4.74 Å². The Morgan fingerprint density at radius 1 is 1.03 bits per heavy atom. The number of benzene rings is 3. The van der Waals surface area contributed by atoms with Gasteiger partial charge in [-0.1, -0.05) is 30.3 Å². The van der Waals surface area contributed by atoms with Gasteiger partial charge < -0.3 is 9.47 Å². The number of hydrogen-bond acceptors (Lipinski definition) is 6. The van der Waals surface area contributed by atoms with Crippen molar-refractivity contribution in [3.8, 4) is 11.8 Å². The number of carbonyl (C=O) groups is 1. The third-order valence-electron chi connectivity index (χ3n) is 4.50. The monoisotopic (exact) mass is 451 g/mol. The van der Waals surface area contributed by atoms with Crippen molar-refractivity contribution >= 4 is 21.9 Å². The second-order valence-electron chi connectivity index (χ2n) is 6.59. The fourth-order valence-corrected chi connectivity index (χ4v) is 3.95. The van der Waals surface area contributed by atoms with Crippen LogP contribution in [0.25, 0.3) is 6.08 Å². The number of rotatable bonds is 7. The Bertz CT molecular complexity index is 1290. The molecule has 3 rings (SSSR count). The van der Waals surface area contributed by atoms with Crippen LogP contribution in [0.2, 0.25) is 0 Å². The number of nitrogens with zero attached hydrogens (tertiary/aromatic N) is 1. The van der Waals surface area contributed by atoms with Crippen LogP contribution in [0, 0.1) is 17.1 Å². The standard InChI is InChI=1S/C24H18FNO5S/c1-30-24(27)18-8-6-17(7-9-18)16-31-23-5-3-2-4-19(23)14-22(15-26)32(28,29)21-12-10-20(25)11-13-21/h2-14H,16H2,1H3. The van der Waals surface area contributed by atoms with Crippen LogP contribution in [0.3, 0.4) is 0 Å². The molecular weight excluding hydrogens is 433 g/mol. The van der Waals surface area contributed by atoms with E-state index in [0.29, 0.717) is 16.9 Å². The van der Waals surface area contributed by atoms with Crippen LogP contribution in [-0.2, 0) is 21.2 Å². The van der Waals surface area contributed by atoms with Gasteiger partial charge in [0.2, 0.25) is 9.84 Å². The minimum absolute atomic E-state index is 0.152. The quantitative estimate of drug-likeness (QED) is 0.298. The van der Waals surface area contributed by atoms with Crippen LogP contribution in [0.1, 0.15) is 21.5 Å². The number of nitriles is 1. The Balaban J connectivity index is 1.85. The molecule has 8 heteroatoms. The van der Waals surface area contributed by atoms with Gasteiger partial charge in [0, 0.05) is 5.56 Å². The van der Waals surface area contributed by atoms with Crippen molar-refractivity contribution in [2.45, 2.75) is 11.5 Å². The summed E-state index contributed by atoms with van der Waals surface area (Å²) in [4.78, 5) is 10.8. The van der Waals surface area contributed by atoms with Gasteiger partial charge in [-0.2, -0.15) is 5.26 Å². The number of sulfone groups is 1. The van der Waals surface area contributed by atoms with Crippen LogP contribution in [0.4, 0.5) is 4.39 Å². The second kappa shape index (κ2) is 9.90. The van der Waals surface area contributed by atoms with E-state index in [-0.39, 0.29) is 11.5 Å². The van der Waals surface area contributed by atoms with Crippen LogP contribution < -0.4 is 4.74 Å². The molecule has 0 saturated carbocycles. The van der Waals surface area contributed by atoms with Gasteiger partial charge in [0.15, 0.2) is 0 Å². The number of carbonyl (C=O) groups excluding carboxylic acids is 1. The summed E-state index contributed by atoms with van der Waals surface area (Å²) in [6.07, 6.45) is 1.22. The minimum atomic E-state index is -4.13. The molecule has 32 heavy (non-hydrogen) atoms. The lowest BCUT2D eigenvalue weighted by molar-refractivity contribution is 0.0600. The molecule has 0 N–H and O–H groups in total. The Kier molecular flexibility index (Phi) is 7.03. The van der Waals surface area contributed by atoms with Crippen molar-refractivity contribution in [3.05, 3.63) is 100 Å². The highest BCUT2D eigenvalue weighted by molar-refractivity contribution is 7.95. The molecule has 0 unspecified atom stereocenters. The van der Waals surface area contributed by atoms with Crippen molar-refractivity contribution in [2.24, 2.45) is 0 Å². The molecule has 162 valence electrons. The molecule has 3 aromatic rings. The van der Waals surface area contributed by atoms with Gasteiger partial charge >= 0.3 is 5.97 Å². The number of para-hydroxylation sites is 1. The SMILES string of the molecule is COC(=O)c1ccc(COc2ccccc2C=C(C#N)S(=O)(=O)c2ccc(F)cc2)cc1. The largest absolute Gasteiger partial charge is 0.488 e. The van der Waals surface area contributed by atoms with Crippen LogP contribution in [0.5, 0.6) is 5.75 Å². The van der Waals surface area contributed by atoms with Gasteiger partial charge in [-0.15, -0.1) is 0 Å². The summed E-state index contributed by atoms with van der Waals surface area (Å²) in [5, 5.41) is 9.48. The lowest BCUT2D eigenvalue weighted by Gasteiger charge is -2.10. The summed E-state index contributed by atoms with van der Waals surface area (Å²) in [6, 6.07) is 19.3. The van der Waals surface area contributed by atoms with Crippen LogP contribution >= 0.6 is 0 Å². The first-order chi connectivity index (χ1) is 15.3. The summed E-state index contributed by atoms with van der Waals surface area (Å²) >= 11 is 0.